The molecular formula is C57H66N2O. The summed E-state index contributed by atoms with van der Waals surface area (Å²) in [5.41, 5.74) is 16.5. The molecule has 310 valence electrons. The van der Waals surface area contributed by atoms with E-state index in [2.05, 4.69) is 209 Å². The van der Waals surface area contributed by atoms with Crippen molar-refractivity contribution in [2.24, 2.45) is 16.7 Å². The molecule has 0 aliphatic heterocycles. The number of benzene rings is 3. The molecule has 3 unspecified atom stereocenters. The van der Waals surface area contributed by atoms with E-state index in [0.29, 0.717) is 0 Å². The highest BCUT2D eigenvalue weighted by molar-refractivity contribution is 5.93. The van der Waals surface area contributed by atoms with Crippen molar-refractivity contribution in [3.63, 3.8) is 0 Å². The predicted molar refractivity (Wildman–Crippen MR) is 255 cm³/mol. The van der Waals surface area contributed by atoms with Crippen LogP contribution in [0.4, 0.5) is 17.1 Å². The molecule has 0 N–H and O–H groups in total. The van der Waals surface area contributed by atoms with Gasteiger partial charge in [-0.1, -0.05) is 148 Å². The maximum atomic E-state index is 6.23. The van der Waals surface area contributed by atoms with Gasteiger partial charge in [-0.3, -0.25) is 0 Å². The average Bonchev–Trinajstić information content (AvgIpc) is 3.62. The third-order valence-corrected chi connectivity index (χ3v) is 14.0. The van der Waals surface area contributed by atoms with Crippen molar-refractivity contribution in [1.29, 1.82) is 0 Å². The van der Waals surface area contributed by atoms with Crippen LogP contribution in [-0.2, 0) is 10.8 Å². The van der Waals surface area contributed by atoms with Crippen LogP contribution < -0.4 is 9.80 Å². The van der Waals surface area contributed by atoms with Crippen LogP contribution in [-0.4, -0.2) is 12.1 Å². The molecule has 1 aromatic heterocycles. The highest BCUT2D eigenvalue weighted by Crippen LogP contribution is 2.54. The van der Waals surface area contributed by atoms with Crippen LogP contribution in [0.3, 0.4) is 0 Å². The summed E-state index contributed by atoms with van der Waals surface area (Å²) in [5.74, 6) is 0.219. The number of hydrogen-bond acceptors (Lipinski definition) is 3. The largest absolute Gasteiger partial charge is 0.453 e. The number of furan rings is 1. The van der Waals surface area contributed by atoms with E-state index in [0.717, 1.165) is 28.8 Å². The molecule has 4 aromatic carbocycles. The Morgan fingerprint density at radius 1 is 0.717 bits per heavy atom. The van der Waals surface area contributed by atoms with E-state index in [1.807, 2.05) is 12.3 Å². The SMILES string of the molecule is CC1=CC(N(c2ccc(C(C)(C)C)cc2-c2ccc(C)cc2)C2C=C3C(=CC2)C(C)(C)CCC3(C)C)=CC(N(c2ccc(C(C)(C)C)cc2)c2coc3c#cccc23)C1C. The Kier molecular flexibility index (Phi) is 10.4. The van der Waals surface area contributed by atoms with Crippen LogP contribution in [0.15, 0.2) is 136 Å². The lowest BCUT2D eigenvalue weighted by Gasteiger charge is -2.48. The maximum absolute atomic E-state index is 6.23. The summed E-state index contributed by atoms with van der Waals surface area (Å²) in [6.07, 6.45) is 15.5. The summed E-state index contributed by atoms with van der Waals surface area (Å²) < 4.78 is 6.23. The number of nitrogens with zero attached hydrogens (tertiary/aromatic N) is 2. The molecule has 0 radical (unpaired) electrons. The van der Waals surface area contributed by atoms with E-state index < -0.39 is 0 Å². The van der Waals surface area contributed by atoms with E-state index in [1.165, 1.54) is 63.2 Å². The lowest BCUT2D eigenvalue weighted by Crippen LogP contribution is -2.43. The molecule has 3 atom stereocenters. The normalized spacial score (nSPS) is 21.2. The van der Waals surface area contributed by atoms with Crippen LogP contribution in [0.1, 0.15) is 119 Å². The van der Waals surface area contributed by atoms with Crippen molar-refractivity contribution < 1.29 is 4.42 Å². The second-order valence-corrected chi connectivity index (χ2v) is 21.4. The molecule has 0 amide bonds. The standard InChI is InChI=1S/C57H66N2O/c1-37-18-20-40(21-19-37)47-33-42(55(7,8)9)24-29-50(47)58(44-27-28-48-49(34-44)57(12,13)31-30-56(48,10)11)45-32-38(2)39(3)51(35-45)59(43-25-22-41(23-26-43)54(4,5)6)52-36-60-53-17-15-14-16-46(52)53/h14,16,18-26,28-29,32-36,39,44,51H,27,30-31H2,1-13H3. The summed E-state index contributed by atoms with van der Waals surface area (Å²) in [7, 11) is 0. The fourth-order valence-corrected chi connectivity index (χ4v) is 9.77. The minimum atomic E-state index is -0.0120. The zero-order chi connectivity index (χ0) is 42.9. The smallest absolute Gasteiger partial charge is 0.186 e. The summed E-state index contributed by atoms with van der Waals surface area (Å²) in [5, 5.41) is 1.04. The lowest BCUT2D eigenvalue weighted by atomic mass is 9.59. The predicted octanol–water partition coefficient (Wildman–Crippen LogP) is 15.6. The molecule has 1 heterocycles. The quantitative estimate of drug-likeness (QED) is 0.164. The van der Waals surface area contributed by atoms with E-state index in [9.17, 15) is 0 Å². The molecule has 3 heteroatoms. The van der Waals surface area contributed by atoms with Crippen LogP contribution in [0.25, 0.3) is 22.1 Å². The highest BCUT2D eigenvalue weighted by atomic mass is 16.3. The van der Waals surface area contributed by atoms with Gasteiger partial charge in [0.1, 0.15) is 6.26 Å². The zero-order valence-corrected chi connectivity index (χ0v) is 38.5. The number of anilines is 3. The van der Waals surface area contributed by atoms with Gasteiger partial charge in [0, 0.05) is 28.6 Å². The number of hydrogen-bond donors (Lipinski definition) is 0. The highest BCUT2D eigenvalue weighted by Gasteiger charge is 2.43. The number of fused-ring (bicyclic) bond motifs is 2. The van der Waals surface area contributed by atoms with Crippen LogP contribution >= 0.6 is 0 Å². The van der Waals surface area contributed by atoms with Crippen molar-refractivity contribution >= 4 is 28.0 Å². The third kappa shape index (κ3) is 7.68. The average molecular weight is 795 g/mol. The van der Waals surface area contributed by atoms with Gasteiger partial charge in [0.2, 0.25) is 0 Å². The summed E-state index contributed by atoms with van der Waals surface area (Å²) in [6.45, 7) is 30.5. The van der Waals surface area contributed by atoms with E-state index in [4.69, 9.17) is 4.42 Å². The van der Waals surface area contributed by atoms with Crippen molar-refractivity contribution in [2.75, 3.05) is 9.80 Å². The Bertz CT molecular complexity index is 2520. The van der Waals surface area contributed by atoms with Gasteiger partial charge >= 0.3 is 0 Å². The number of aryl methyl sites for hydroxylation is 1. The Labute approximate surface area is 361 Å². The van der Waals surface area contributed by atoms with Gasteiger partial charge in [-0.05, 0) is 137 Å². The van der Waals surface area contributed by atoms with E-state index >= 15 is 0 Å². The van der Waals surface area contributed by atoms with Gasteiger partial charge < -0.3 is 14.2 Å². The maximum Gasteiger partial charge on any atom is 0.186 e. The molecule has 0 spiro atoms. The topological polar surface area (TPSA) is 19.6 Å². The fraction of sp³-hybridized carbons (Fsp3) is 0.404. The minimum Gasteiger partial charge on any atom is -0.453 e. The minimum absolute atomic E-state index is 0.00229. The third-order valence-electron chi connectivity index (χ3n) is 14.0. The molecule has 3 aliphatic rings. The molecule has 8 rings (SSSR count). The zero-order valence-electron chi connectivity index (χ0n) is 38.5. The van der Waals surface area contributed by atoms with Gasteiger partial charge in [-0.15, -0.1) is 0 Å². The molecule has 0 saturated heterocycles. The first-order valence-corrected chi connectivity index (χ1v) is 22.3. The Hall–Kier alpha value is -5.20. The number of rotatable bonds is 7. The summed E-state index contributed by atoms with van der Waals surface area (Å²) in [6, 6.07) is 36.1. The Morgan fingerprint density at radius 2 is 1.37 bits per heavy atom. The Morgan fingerprint density at radius 3 is 2.03 bits per heavy atom. The van der Waals surface area contributed by atoms with Crippen molar-refractivity contribution in [3.05, 3.63) is 161 Å². The van der Waals surface area contributed by atoms with E-state index in [-0.39, 0.29) is 39.7 Å². The molecule has 3 aliphatic carbocycles. The Balaban J connectivity index is 1.37. The van der Waals surface area contributed by atoms with Crippen molar-refractivity contribution in [2.45, 2.75) is 132 Å². The second kappa shape index (κ2) is 15.1. The van der Waals surface area contributed by atoms with Crippen LogP contribution in [0.2, 0.25) is 0 Å². The molecule has 60 heavy (non-hydrogen) atoms. The first-order chi connectivity index (χ1) is 28.2. The van der Waals surface area contributed by atoms with Gasteiger partial charge in [0.15, 0.2) is 5.58 Å². The molecular weight excluding hydrogens is 729 g/mol. The first kappa shape index (κ1) is 41.5. The molecule has 5 aromatic rings. The fourth-order valence-electron chi connectivity index (χ4n) is 9.77. The summed E-state index contributed by atoms with van der Waals surface area (Å²) in [4.78, 5) is 5.21. The monoisotopic (exact) mass is 795 g/mol. The van der Waals surface area contributed by atoms with Gasteiger partial charge in [0.05, 0.1) is 23.2 Å². The van der Waals surface area contributed by atoms with Gasteiger partial charge in [-0.2, -0.15) is 0 Å². The molecule has 1 fully saturated rings. The van der Waals surface area contributed by atoms with Gasteiger partial charge in [-0.25, -0.2) is 0 Å². The van der Waals surface area contributed by atoms with Crippen molar-refractivity contribution in [1.82, 2.24) is 0 Å². The molecule has 0 bridgehead atoms. The van der Waals surface area contributed by atoms with Crippen LogP contribution in [0, 0.1) is 35.8 Å². The molecule has 3 nitrogen and oxygen atoms in total. The molecule has 1 saturated carbocycles. The first-order valence-electron chi connectivity index (χ1n) is 22.3. The summed E-state index contributed by atoms with van der Waals surface area (Å²) >= 11 is 0. The van der Waals surface area contributed by atoms with Crippen molar-refractivity contribution in [3.8, 4) is 11.1 Å². The van der Waals surface area contributed by atoms with Gasteiger partial charge in [0.25, 0.3) is 0 Å². The second-order valence-electron chi connectivity index (χ2n) is 21.4. The van der Waals surface area contributed by atoms with E-state index in [1.54, 1.807) is 5.57 Å². The lowest BCUT2D eigenvalue weighted by molar-refractivity contribution is 0.255. The number of allylic oxidation sites excluding steroid dienone is 3. The van der Waals surface area contributed by atoms with Crippen LogP contribution in [0.5, 0.6) is 0 Å².